The molecule has 1 saturated heterocycles. The number of nitrogens with one attached hydrogen (secondary N) is 1. The highest BCUT2D eigenvalue weighted by Crippen LogP contribution is 2.25. The molecule has 1 aliphatic rings. The predicted molar refractivity (Wildman–Crippen MR) is 66.7 cm³/mol. The van der Waals surface area contributed by atoms with Crippen LogP contribution in [0.2, 0.25) is 0 Å². The number of benzene rings is 1. The molecule has 1 aromatic carbocycles. The lowest BCUT2D eigenvalue weighted by atomic mass is 10.1. The van der Waals surface area contributed by atoms with Gasteiger partial charge in [0.15, 0.2) is 0 Å². The smallest absolute Gasteiger partial charge is 0.255 e. The molecule has 0 bridgehead atoms. The van der Waals surface area contributed by atoms with E-state index >= 15 is 0 Å². The van der Waals surface area contributed by atoms with Crippen LogP contribution in [0.4, 0.5) is 8.78 Å². The summed E-state index contributed by atoms with van der Waals surface area (Å²) >= 11 is 1.61. The minimum Gasteiger partial charge on any atom is -0.316 e. The van der Waals surface area contributed by atoms with Crippen LogP contribution >= 0.6 is 11.8 Å². The fraction of sp³-hybridized carbons (Fsp3) is 0.417. The predicted octanol–water partition coefficient (Wildman–Crippen LogP) is 2.10. The molecule has 0 aliphatic carbocycles. The van der Waals surface area contributed by atoms with E-state index in [9.17, 15) is 13.6 Å². The third-order valence-corrected chi connectivity index (χ3v) is 3.59. The molecular weight excluding hydrogens is 258 g/mol. The van der Waals surface area contributed by atoms with Crippen LogP contribution in [0.15, 0.2) is 29.2 Å². The van der Waals surface area contributed by atoms with Crippen LogP contribution < -0.4 is 5.32 Å². The second-order valence-corrected chi connectivity index (χ2v) is 4.87. The molecule has 1 aromatic rings. The lowest BCUT2D eigenvalue weighted by molar-refractivity contribution is -0.130. The molecule has 0 spiro atoms. The van der Waals surface area contributed by atoms with Gasteiger partial charge in [0.2, 0.25) is 5.91 Å². The highest BCUT2D eigenvalue weighted by Gasteiger charge is 2.33. The van der Waals surface area contributed by atoms with Gasteiger partial charge in [-0.05, 0) is 24.0 Å². The Labute approximate surface area is 109 Å². The number of amides is 1. The van der Waals surface area contributed by atoms with Crippen LogP contribution in [0.3, 0.4) is 0 Å². The van der Waals surface area contributed by atoms with Crippen molar-refractivity contribution in [3.8, 4) is 0 Å². The van der Waals surface area contributed by atoms with Crippen LogP contribution in [0, 0.1) is 0 Å². The van der Waals surface area contributed by atoms with E-state index in [0.717, 1.165) is 10.5 Å². The zero-order valence-corrected chi connectivity index (χ0v) is 10.7. The topological polar surface area (TPSA) is 32.3 Å². The minimum absolute atomic E-state index is 0.113. The molecule has 98 valence electrons. The molecule has 0 radical (unpaired) electrons. The number of halogens is 2. The Balaban J connectivity index is 2.17. The van der Waals surface area contributed by atoms with Crippen LogP contribution in [0.5, 0.6) is 0 Å². The van der Waals surface area contributed by atoms with Crippen LogP contribution in [0.25, 0.3) is 0 Å². The zero-order chi connectivity index (χ0) is 13.1. The molecule has 18 heavy (non-hydrogen) atoms. The van der Waals surface area contributed by atoms with Gasteiger partial charge in [-0.25, -0.2) is 8.78 Å². The van der Waals surface area contributed by atoms with Gasteiger partial charge in [0.05, 0.1) is 13.1 Å². The standard InChI is InChI=1S/C12H14F2N2OS/c1-18-9-4-2-8(3-5-9)12-15-6-11(17)16(12)7-10(13)14/h2-5,10,12,15H,6-7H2,1H3. The number of alkyl halides is 2. The summed E-state index contributed by atoms with van der Waals surface area (Å²) in [4.78, 5) is 13.8. The zero-order valence-electron chi connectivity index (χ0n) is 9.90. The molecule has 3 nitrogen and oxygen atoms in total. The summed E-state index contributed by atoms with van der Waals surface area (Å²) in [6.45, 7) is -0.414. The summed E-state index contributed by atoms with van der Waals surface area (Å²) in [5, 5.41) is 2.95. The maximum Gasteiger partial charge on any atom is 0.255 e. The van der Waals surface area contributed by atoms with Crippen molar-refractivity contribution in [3.05, 3.63) is 29.8 Å². The summed E-state index contributed by atoms with van der Waals surface area (Å²) in [6.07, 6.45) is -0.987. The highest BCUT2D eigenvalue weighted by molar-refractivity contribution is 7.98. The Kier molecular flexibility index (Phi) is 4.19. The molecule has 0 saturated carbocycles. The van der Waals surface area contributed by atoms with Gasteiger partial charge in [-0.15, -0.1) is 11.8 Å². The number of rotatable bonds is 4. The minimum atomic E-state index is -2.51. The monoisotopic (exact) mass is 272 g/mol. The van der Waals surface area contributed by atoms with E-state index < -0.39 is 19.1 Å². The molecule has 1 aliphatic heterocycles. The average molecular weight is 272 g/mol. The molecule has 0 aromatic heterocycles. The van der Waals surface area contributed by atoms with Crippen LogP contribution in [-0.2, 0) is 4.79 Å². The van der Waals surface area contributed by atoms with Crippen molar-refractivity contribution in [2.45, 2.75) is 17.5 Å². The van der Waals surface area contributed by atoms with Gasteiger partial charge in [-0.1, -0.05) is 12.1 Å². The van der Waals surface area contributed by atoms with Gasteiger partial charge in [0.1, 0.15) is 6.17 Å². The molecule has 1 unspecified atom stereocenters. The number of carbonyl (C=O) groups is 1. The molecule has 1 heterocycles. The van der Waals surface area contributed by atoms with Crippen molar-refractivity contribution < 1.29 is 13.6 Å². The van der Waals surface area contributed by atoms with Gasteiger partial charge in [0.25, 0.3) is 6.43 Å². The first-order chi connectivity index (χ1) is 8.61. The van der Waals surface area contributed by atoms with Crippen LogP contribution in [-0.4, -0.2) is 36.6 Å². The van der Waals surface area contributed by atoms with E-state index in [4.69, 9.17) is 0 Å². The lowest BCUT2D eigenvalue weighted by Crippen LogP contribution is -2.34. The number of nitrogens with zero attached hydrogens (tertiary/aromatic N) is 1. The molecule has 1 N–H and O–H groups in total. The van der Waals surface area contributed by atoms with Crippen molar-refractivity contribution in [3.63, 3.8) is 0 Å². The second kappa shape index (κ2) is 5.67. The average Bonchev–Trinajstić information content (AvgIpc) is 2.71. The largest absolute Gasteiger partial charge is 0.316 e. The van der Waals surface area contributed by atoms with Crippen molar-refractivity contribution in [2.24, 2.45) is 0 Å². The molecule has 2 rings (SSSR count). The van der Waals surface area contributed by atoms with Crippen molar-refractivity contribution in [2.75, 3.05) is 19.3 Å². The van der Waals surface area contributed by atoms with Gasteiger partial charge < -0.3 is 4.90 Å². The quantitative estimate of drug-likeness (QED) is 0.852. The highest BCUT2D eigenvalue weighted by atomic mass is 32.2. The molecule has 6 heteroatoms. The fourth-order valence-corrected chi connectivity index (χ4v) is 2.39. The third-order valence-electron chi connectivity index (χ3n) is 2.84. The van der Waals surface area contributed by atoms with Crippen molar-refractivity contribution in [1.82, 2.24) is 10.2 Å². The first kappa shape index (κ1) is 13.3. The molecule has 1 amide bonds. The molecular formula is C12H14F2N2OS. The normalized spacial score (nSPS) is 19.9. The maximum atomic E-state index is 12.4. The maximum absolute atomic E-state index is 12.4. The summed E-state index contributed by atoms with van der Waals surface area (Å²) in [7, 11) is 0. The first-order valence-corrected chi connectivity index (χ1v) is 6.79. The van der Waals surface area contributed by atoms with Crippen LogP contribution in [0.1, 0.15) is 11.7 Å². The third kappa shape index (κ3) is 2.81. The first-order valence-electron chi connectivity index (χ1n) is 5.57. The Morgan fingerprint density at radius 3 is 2.67 bits per heavy atom. The summed E-state index contributed by atoms with van der Waals surface area (Å²) in [6, 6.07) is 7.57. The Hall–Kier alpha value is -1.14. The van der Waals surface area contributed by atoms with Gasteiger partial charge in [-0.2, -0.15) is 0 Å². The fourth-order valence-electron chi connectivity index (χ4n) is 1.98. The molecule has 1 atom stereocenters. The van der Waals surface area contributed by atoms with E-state index in [0.29, 0.717) is 0 Å². The summed E-state index contributed by atoms with van der Waals surface area (Å²) in [5.41, 5.74) is 0.833. The Morgan fingerprint density at radius 1 is 1.44 bits per heavy atom. The summed E-state index contributed by atoms with van der Waals surface area (Å²) < 4.78 is 24.9. The Morgan fingerprint density at radius 2 is 2.11 bits per heavy atom. The van der Waals surface area contributed by atoms with E-state index in [2.05, 4.69) is 5.32 Å². The number of hydrogen-bond donors (Lipinski definition) is 1. The van der Waals surface area contributed by atoms with E-state index in [1.807, 2.05) is 30.5 Å². The lowest BCUT2D eigenvalue weighted by Gasteiger charge is -2.24. The Bertz CT molecular complexity index is 425. The SMILES string of the molecule is CSc1ccc(C2NCC(=O)N2CC(F)F)cc1. The van der Waals surface area contributed by atoms with Gasteiger partial charge in [0, 0.05) is 4.90 Å². The van der Waals surface area contributed by atoms with Crippen molar-refractivity contribution >= 4 is 17.7 Å². The van der Waals surface area contributed by atoms with E-state index in [-0.39, 0.29) is 12.5 Å². The molecule has 1 fully saturated rings. The number of carbonyl (C=O) groups excluding carboxylic acids is 1. The number of hydrogen-bond acceptors (Lipinski definition) is 3. The van der Waals surface area contributed by atoms with E-state index in [1.54, 1.807) is 11.8 Å². The van der Waals surface area contributed by atoms with Crippen molar-refractivity contribution in [1.29, 1.82) is 0 Å². The van der Waals surface area contributed by atoms with Gasteiger partial charge >= 0.3 is 0 Å². The second-order valence-electron chi connectivity index (χ2n) is 3.99. The summed E-state index contributed by atoms with van der Waals surface area (Å²) in [5.74, 6) is -0.283. The van der Waals surface area contributed by atoms with Gasteiger partial charge in [-0.3, -0.25) is 10.1 Å². The number of thioether (sulfide) groups is 1. The van der Waals surface area contributed by atoms with E-state index in [1.165, 1.54) is 4.90 Å².